The second-order valence-electron chi connectivity index (χ2n) is 3.26. The number of rotatable bonds is 5. The second kappa shape index (κ2) is 4.91. The van der Waals surface area contributed by atoms with Crippen molar-refractivity contribution >= 4 is 5.78 Å². The molecule has 4 nitrogen and oxygen atoms in total. The van der Waals surface area contributed by atoms with Gasteiger partial charge >= 0.3 is 0 Å². The molecule has 0 radical (unpaired) electrons. The number of ether oxygens (including phenoxy) is 1. The highest BCUT2D eigenvalue weighted by Gasteiger charge is 2.13. The van der Waals surface area contributed by atoms with Crippen molar-refractivity contribution in [1.29, 1.82) is 0 Å². The Morgan fingerprint density at radius 2 is 2.43 bits per heavy atom. The van der Waals surface area contributed by atoms with Gasteiger partial charge in [-0.1, -0.05) is 0 Å². The third-order valence-electron chi connectivity index (χ3n) is 2.01. The quantitative estimate of drug-likeness (QED) is 0.704. The number of hydrogen-bond acceptors (Lipinski definition) is 3. The molecule has 0 fully saturated rings. The largest absolute Gasteiger partial charge is 0.371 e. The lowest BCUT2D eigenvalue weighted by Gasteiger charge is -2.08. The van der Waals surface area contributed by atoms with E-state index in [0.717, 1.165) is 5.56 Å². The van der Waals surface area contributed by atoms with Crippen LogP contribution < -0.4 is 0 Å². The zero-order valence-electron chi connectivity index (χ0n) is 8.86. The van der Waals surface area contributed by atoms with Crippen LogP contribution in [0.3, 0.4) is 0 Å². The lowest BCUT2D eigenvalue weighted by molar-refractivity contribution is -0.128. The first-order chi connectivity index (χ1) is 6.63. The van der Waals surface area contributed by atoms with Crippen LogP contribution in [0, 0.1) is 0 Å². The molecule has 14 heavy (non-hydrogen) atoms. The number of ketones is 1. The molecule has 0 aliphatic carbocycles. The molecule has 0 spiro atoms. The smallest absolute Gasteiger partial charge is 0.165 e. The summed E-state index contributed by atoms with van der Waals surface area (Å²) in [5, 5.41) is 4.00. The summed E-state index contributed by atoms with van der Waals surface area (Å²) in [6.45, 7) is 4.23. The molecule has 0 aliphatic heterocycles. The summed E-state index contributed by atoms with van der Waals surface area (Å²) in [7, 11) is 1.83. The minimum atomic E-state index is -0.319. The summed E-state index contributed by atoms with van der Waals surface area (Å²) in [5.74, 6) is 0.0971. The van der Waals surface area contributed by atoms with Crippen molar-refractivity contribution in [1.82, 2.24) is 9.78 Å². The van der Waals surface area contributed by atoms with Gasteiger partial charge in [0.1, 0.15) is 6.10 Å². The van der Waals surface area contributed by atoms with E-state index in [2.05, 4.69) is 5.10 Å². The SMILES string of the molecule is CCOC(C)C(=O)Cc1cnn(C)c1. The Hall–Kier alpha value is -1.16. The average Bonchev–Trinajstić information content (AvgIpc) is 2.51. The van der Waals surface area contributed by atoms with Crippen LogP contribution in [0.2, 0.25) is 0 Å². The zero-order valence-corrected chi connectivity index (χ0v) is 8.86. The minimum absolute atomic E-state index is 0.0971. The molecule has 1 rings (SSSR count). The Kier molecular flexibility index (Phi) is 3.83. The van der Waals surface area contributed by atoms with Gasteiger partial charge in [0.05, 0.1) is 6.20 Å². The van der Waals surface area contributed by atoms with E-state index in [4.69, 9.17) is 4.74 Å². The Bertz CT molecular complexity index is 307. The van der Waals surface area contributed by atoms with E-state index in [1.807, 2.05) is 20.2 Å². The summed E-state index contributed by atoms with van der Waals surface area (Å²) >= 11 is 0. The molecule has 78 valence electrons. The van der Waals surface area contributed by atoms with Crippen molar-refractivity contribution in [2.24, 2.45) is 7.05 Å². The zero-order chi connectivity index (χ0) is 10.6. The van der Waals surface area contributed by atoms with Crippen LogP contribution in [0.15, 0.2) is 12.4 Å². The lowest BCUT2D eigenvalue weighted by atomic mass is 10.1. The van der Waals surface area contributed by atoms with Crippen LogP contribution in [0.25, 0.3) is 0 Å². The monoisotopic (exact) mass is 196 g/mol. The van der Waals surface area contributed by atoms with Gasteiger partial charge < -0.3 is 4.74 Å². The highest BCUT2D eigenvalue weighted by atomic mass is 16.5. The van der Waals surface area contributed by atoms with Gasteiger partial charge in [0, 0.05) is 26.3 Å². The average molecular weight is 196 g/mol. The predicted molar refractivity (Wildman–Crippen MR) is 53.0 cm³/mol. The first kappa shape index (κ1) is 10.9. The maximum absolute atomic E-state index is 11.5. The van der Waals surface area contributed by atoms with E-state index in [0.29, 0.717) is 13.0 Å². The van der Waals surface area contributed by atoms with Gasteiger partial charge in [-0.25, -0.2) is 0 Å². The standard InChI is InChI=1S/C10H16N2O2/c1-4-14-8(2)10(13)5-9-6-11-12(3)7-9/h6-8H,4-5H2,1-3H3. The summed E-state index contributed by atoms with van der Waals surface area (Å²) in [5.41, 5.74) is 0.934. The molecule has 0 saturated carbocycles. The summed E-state index contributed by atoms with van der Waals surface area (Å²) in [6.07, 6.45) is 3.63. The number of aryl methyl sites for hydroxylation is 1. The van der Waals surface area contributed by atoms with Crippen molar-refractivity contribution < 1.29 is 9.53 Å². The van der Waals surface area contributed by atoms with Gasteiger partial charge in [-0.2, -0.15) is 5.10 Å². The fraction of sp³-hybridized carbons (Fsp3) is 0.600. The van der Waals surface area contributed by atoms with E-state index < -0.39 is 0 Å². The Morgan fingerprint density at radius 1 is 1.71 bits per heavy atom. The van der Waals surface area contributed by atoms with Gasteiger partial charge in [-0.15, -0.1) is 0 Å². The van der Waals surface area contributed by atoms with E-state index in [1.165, 1.54) is 0 Å². The molecule has 0 aliphatic rings. The van der Waals surface area contributed by atoms with E-state index in [9.17, 15) is 4.79 Å². The third-order valence-corrected chi connectivity index (χ3v) is 2.01. The fourth-order valence-corrected chi connectivity index (χ4v) is 1.25. The minimum Gasteiger partial charge on any atom is -0.371 e. The molecule has 0 amide bonds. The molecule has 1 atom stereocenters. The maximum atomic E-state index is 11.5. The number of carbonyl (C=O) groups is 1. The highest BCUT2D eigenvalue weighted by molar-refractivity contribution is 5.84. The van der Waals surface area contributed by atoms with Crippen LogP contribution in [0.5, 0.6) is 0 Å². The van der Waals surface area contributed by atoms with Gasteiger partial charge in [0.25, 0.3) is 0 Å². The summed E-state index contributed by atoms with van der Waals surface area (Å²) < 4.78 is 6.89. The first-order valence-electron chi connectivity index (χ1n) is 4.75. The predicted octanol–water partition coefficient (Wildman–Crippen LogP) is 0.957. The summed E-state index contributed by atoms with van der Waals surface area (Å²) in [6, 6.07) is 0. The lowest BCUT2D eigenvalue weighted by Crippen LogP contribution is -2.22. The Labute approximate surface area is 83.9 Å². The first-order valence-corrected chi connectivity index (χ1v) is 4.75. The fourth-order valence-electron chi connectivity index (χ4n) is 1.25. The van der Waals surface area contributed by atoms with E-state index >= 15 is 0 Å². The third kappa shape index (κ3) is 2.96. The van der Waals surface area contributed by atoms with Gasteiger partial charge in [-0.05, 0) is 19.4 Å². The Morgan fingerprint density at radius 3 is 2.93 bits per heavy atom. The molecule has 1 heterocycles. The molecule has 1 unspecified atom stereocenters. The Balaban J connectivity index is 2.48. The van der Waals surface area contributed by atoms with Gasteiger partial charge in [0.15, 0.2) is 5.78 Å². The van der Waals surface area contributed by atoms with Crippen LogP contribution in [-0.4, -0.2) is 28.3 Å². The van der Waals surface area contributed by atoms with Crippen molar-refractivity contribution in [3.63, 3.8) is 0 Å². The molecule has 0 aromatic carbocycles. The normalized spacial score (nSPS) is 12.8. The molecule has 0 N–H and O–H groups in total. The van der Waals surface area contributed by atoms with Crippen LogP contribution in [0.4, 0.5) is 0 Å². The maximum Gasteiger partial charge on any atom is 0.165 e. The number of Topliss-reactive ketones (excluding diaryl/α,β-unsaturated/α-hetero) is 1. The van der Waals surface area contributed by atoms with Crippen LogP contribution in [-0.2, 0) is 23.0 Å². The summed E-state index contributed by atoms with van der Waals surface area (Å²) in [4.78, 5) is 11.5. The number of nitrogens with zero attached hydrogens (tertiary/aromatic N) is 2. The number of aromatic nitrogens is 2. The van der Waals surface area contributed by atoms with Crippen molar-refractivity contribution in [3.05, 3.63) is 18.0 Å². The van der Waals surface area contributed by atoms with Crippen molar-refractivity contribution in [2.75, 3.05) is 6.61 Å². The van der Waals surface area contributed by atoms with E-state index in [1.54, 1.807) is 17.8 Å². The topological polar surface area (TPSA) is 44.1 Å². The second-order valence-corrected chi connectivity index (χ2v) is 3.26. The molecule has 1 aromatic heterocycles. The van der Waals surface area contributed by atoms with Crippen molar-refractivity contribution in [2.45, 2.75) is 26.4 Å². The molecule has 1 aromatic rings. The molecule has 4 heteroatoms. The number of hydrogen-bond donors (Lipinski definition) is 0. The van der Waals surface area contributed by atoms with Crippen molar-refractivity contribution in [3.8, 4) is 0 Å². The van der Waals surface area contributed by atoms with Crippen LogP contribution >= 0.6 is 0 Å². The van der Waals surface area contributed by atoms with E-state index in [-0.39, 0.29) is 11.9 Å². The van der Waals surface area contributed by atoms with Crippen LogP contribution in [0.1, 0.15) is 19.4 Å². The molecular weight excluding hydrogens is 180 g/mol. The molecule has 0 bridgehead atoms. The van der Waals surface area contributed by atoms with Gasteiger partial charge in [0.2, 0.25) is 0 Å². The molecular formula is C10H16N2O2. The van der Waals surface area contributed by atoms with Gasteiger partial charge in [-0.3, -0.25) is 9.48 Å². The number of carbonyl (C=O) groups excluding carboxylic acids is 1. The molecule has 0 saturated heterocycles. The highest BCUT2D eigenvalue weighted by Crippen LogP contribution is 2.02.